The molecular weight excluding hydrogens is 142 g/mol. The van der Waals surface area contributed by atoms with Crippen LogP contribution in [0.1, 0.15) is 18.4 Å². The summed E-state index contributed by atoms with van der Waals surface area (Å²) in [6.07, 6.45) is 4.27. The maximum Gasteiger partial charge on any atom is 0.314 e. The van der Waals surface area contributed by atoms with E-state index >= 15 is 0 Å². The van der Waals surface area contributed by atoms with Crippen LogP contribution in [0.4, 0.5) is 0 Å². The zero-order valence-corrected chi connectivity index (χ0v) is 6.54. The van der Waals surface area contributed by atoms with Crippen LogP contribution in [0.15, 0.2) is 10.7 Å². The van der Waals surface area contributed by atoms with Crippen LogP contribution < -0.4 is 4.74 Å². The van der Waals surface area contributed by atoms with Gasteiger partial charge in [-0.15, -0.1) is 0 Å². The number of rotatable bonds is 3. The fraction of sp³-hybridized carbons (Fsp3) is 0.625. The molecule has 1 saturated carbocycles. The van der Waals surface area contributed by atoms with Crippen molar-refractivity contribution >= 4 is 0 Å². The lowest BCUT2D eigenvalue weighted by atomic mass is 10.4. The molecule has 0 unspecified atom stereocenters. The first-order valence-corrected chi connectivity index (χ1v) is 3.90. The second-order valence-electron chi connectivity index (χ2n) is 3.05. The Hall–Kier alpha value is -0.990. The Balaban J connectivity index is 1.89. The molecule has 0 bridgehead atoms. The average Bonchev–Trinajstić information content (AvgIpc) is 2.73. The molecule has 0 radical (unpaired) electrons. The summed E-state index contributed by atoms with van der Waals surface area (Å²) in [5.74, 6) is 1.34. The van der Waals surface area contributed by atoms with Crippen molar-refractivity contribution in [2.75, 3.05) is 6.61 Å². The zero-order valence-electron chi connectivity index (χ0n) is 6.54. The van der Waals surface area contributed by atoms with Crippen molar-refractivity contribution in [2.45, 2.75) is 19.8 Å². The maximum absolute atomic E-state index is 5.37. The first-order chi connectivity index (χ1) is 5.36. The van der Waals surface area contributed by atoms with Crippen molar-refractivity contribution in [1.82, 2.24) is 5.16 Å². The molecule has 1 fully saturated rings. The van der Waals surface area contributed by atoms with Crippen molar-refractivity contribution in [3.63, 3.8) is 0 Å². The normalized spacial score (nSPS) is 16.8. The standard InChI is InChI=1S/C8H11NO2/c1-6-4-9-11-8(6)10-5-7-2-3-7/h4,7H,2-3,5H2,1H3. The Bertz CT molecular complexity index is 240. The van der Waals surface area contributed by atoms with Gasteiger partial charge in [-0.2, -0.15) is 0 Å². The minimum atomic E-state index is 0.580. The third kappa shape index (κ3) is 1.53. The van der Waals surface area contributed by atoms with Crippen LogP contribution in [0, 0.1) is 12.8 Å². The number of nitrogens with zero attached hydrogens (tertiary/aromatic N) is 1. The van der Waals surface area contributed by atoms with Crippen molar-refractivity contribution in [3.8, 4) is 5.95 Å². The molecule has 0 spiro atoms. The van der Waals surface area contributed by atoms with Crippen molar-refractivity contribution in [1.29, 1.82) is 0 Å². The van der Waals surface area contributed by atoms with Crippen LogP contribution in [0.25, 0.3) is 0 Å². The summed E-state index contributed by atoms with van der Waals surface area (Å²) in [5.41, 5.74) is 0.977. The maximum atomic E-state index is 5.37. The van der Waals surface area contributed by atoms with Gasteiger partial charge in [0.25, 0.3) is 0 Å². The van der Waals surface area contributed by atoms with Crippen LogP contribution >= 0.6 is 0 Å². The van der Waals surface area contributed by atoms with Crippen molar-refractivity contribution < 1.29 is 9.26 Å². The van der Waals surface area contributed by atoms with Crippen molar-refractivity contribution in [2.24, 2.45) is 5.92 Å². The van der Waals surface area contributed by atoms with Crippen LogP contribution in [0.2, 0.25) is 0 Å². The predicted octanol–water partition coefficient (Wildman–Crippen LogP) is 1.77. The molecule has 11 heavy (non-hydrogen) atoms. The van der Waals surface area contributed by atoms with Gasteiger partial charge in [-0.1, -0.05) is 5.16 Å². The van der Waals surface area contributed by atoms with E-state index in [1.165, 1.54) is 12.8 Å². The highest BCUT2D eigenvalue weighted by Crippen LogP contribution is 2.30. The fourth-order valence-corrected chi connectivity index (χ4v) is 0.896. The van der Waals surface area contributed by atoms with Crippen LogP contribution in [-0.2, 0) is 0 Å². The van der Waals surface area contributed by atoms with E-state index in [1.54, 1.807) is 6.20 Å². The quantitative estimate of drug-likeness (QED) is 0.663. The van der Waals surface area contributed by atoms with E-state index in [0.29, 0.717) is 5.95 Å². The Labute approximate surface area is 65.3 Å². The summed E-state index contributed by atoms with van der Waals surface area (Å²) in [6.45, 7) is 2.72. The van der Waals surface area contributed by atoms with E-state index in [9.17, 15) is 0 Å². The minimum absolute atomic E-state index is 0.580. The molecule has 1 aromatic heterocycles. The summed E-state index contributed by atoms with van der Waals surface area (Å²) < 4.78 is 10.2. The van der Waals surface area contributed by atoms with E-state index in [0.717, 1.165) is 18.1 Å². The molecule has 0 aromatic carbocycles. The highest BCUT2D eigenvalue weighted by atomic mass is 16.6. The third-order valence-electron chi connectivity index (χ3n) is 1.85. The molecule has 3 heteroatoms. The Morgan fingerprint density at radius 3 is 3.09 bits per heavy atom. The summed E-state index contributed by atoms with van der Waals surface area (Å²) in [6, 6.07) is 0. The molecular formula is C8H11NO2. The number of aromatic nitrogens is 1. The smallest absolute Gasteiger partial charge is 0.314 e. The number of hydrogen-bond acceptors (Lipinski definition) is 3. The summed E-state index contributed by atoms with van der Waals surface area (Å²) in [7, 11) is 0. The Morgan fingerprint density at radius 2 is 2.55 bits per heavy atom. The van der Waals surface area contributed by atoms with Crippen molar-refractivity contribution in [3.05, 3.63) is 11.8 Å². The largest absolute Gasteiger partial charge is 0.463 e. The summed E-state index contributed by atoms with van der Waals surface area (Å²) in [5, 5.41) is 3.62. The zero-order chi connectivity index (χ0) is 7.68. The van der Waals surface area contributed by atoms with E-state index in [2.05, 4.69) is 5.16 Å². The lowest BCUT2D eigenvalue weighted by Crippen LogP contribution is -1.98. The molecule has 2 rings (SSSR count). The molecule has 3 nitrogen and oxygen atoms in total. The molecule has 1 heterocycles. The SMILES string of the molecule is Cc1cnoc1OCC1CC1. The second kappa shape index (κ2) is 2.57. The molecule has 1 aliphatic carbocycles. The lowest BCUT2D eigenvalue weighted by molar-refractivity contribution is 0.203. The van der Waals surface area contributed by atoms with Gasteiger partial charge < -0.3 is 9.26 Å². The van der Waals surface area contributed by atoms with Crippen LogP contribution in [0.5, 0.6) is 5.95 Å². The lowest BCUT2D eigenvalue weighted by Gasteiger charge is -1.98. The van der Waals surface area contributed by atoms with Gasteiger partial charge in [-0.3, -0.25) is 0 Å². The number of hydrogen-bond donors (Lipinski definition) is 0. The Morgan fingerprint density at radius 1 is 1.73 bits per heavy atom. The molecule has 1 aromatic rings. The Kier molecular flexibility index (Phi) is 1.56. The van der Waals surface area contributed by atoms with Gasteiger partial charge in [-0.05, 0) is 25.7 Å². The van der Waals surface area contributed by atoms with Gasteiger partial charge in [0.1, 0.15) is 0 Å². The number of ether oxygens (including phenoxy) is 1. The summed E-state index contributed by atoms with van der Waals surface area (Å²) >= 11 is 0. The molecule has 0 aliphatic heterocycles. The van der Waals surface area contributed by atoms with Gasteiger partial charge in [0.2, 0.25) is 0 Å². The highest BCUT2D eigenvalue weighted by Gasteiger charge is 2.22. The number of aryl methyl sites for hydroxylation is 1. The summed E-state index contributed by atoms with van der Waals surface area (Å²) in [4.78, 5) is 0. The first-order valence-electron chi connectivity index (χ1n) is 3.90. The average molecular weight is 153 g/mol. The van der Waals surface area contributed by atoms with E-state index < -0.39 is 0 Å². The van der Waals surface area contributed by atoms with Crippen LogP contribution in [-0.4, -0.2) is 11.8 Å². The van der Waals surface area contributed by atoms with Gasteiger partial charge in [0.05, 0.1) is 18.4 Å². The third-order valence-corrected chi connectivity index (χ3v) is 1.85. The molecule has 0 N–H and O–H groups in total. The van der Waals surface area contributed by atoms with Gasteiger partial charge in [0.15, 0.2) is 0 Å². The van der Waals surface area contributed by atoms with Gasteiger partial charge in [0, 0.05) is 0 Å². The highest BCUT2D eigenvalue weighted by molar-refractivity contribution is 5.16. The fourth-order valence-electron chi connectivity index (χ4n) is 0.896. The monoisotopic (exact) mass is 153 g/mol. The van der Waals surface area contributed by atoms with E-state index in [-0.39, 0.29) is 0 Å². The van der Waals surface area contributed by atoms with Gasteiger partial charge in [-0.25, -0.2) is 0 Å². The van der Waals surface area contributed by atoms with Crippen LogP contribution in [0.3, 0.4) is 0 Å². The topological polar surface area (TPSA) is 35.3 Å². The van der Waals surface area contributed by atoms with E-state index in [1.807, 2.05) is 6.92 Å². The second-order valence-corrected chi connectivity index (χ2v) is 3.05. The van der Waals surface area contributed by atoms with E-state index in [4.69, 9.17) is 9.26 Å². The molecule has 0 atom stereocenters. The molecule has 0 saturated heterocycles. The minimum Gasteiger partial charge on any atom is -0.463 e. The molecule has 60 valence electrons. The molecule has 0 amide bonds. The molecule has 1 aliphatic rings. The predicted molar refractivity (Wildman–Crippen MR) is 39.5 cm³/mol. The van der Waals surface area contributed by atoms with Gasteiger partial charge >= 0.3 is 5.95 Å². The first kappa shape index (κ1) is 6.70.